The van der Waals surface area contributed by atoms with Crippen molar-refractivity contribution in [2.24, 2.45) is 0 Å². The second-order valence-corrected chi connectivity index (χ2v) is 8.48. The smallest absolute Gasteiger partial charge is 0.213 e. The van der Waals surface area contributed by atoms with E-state index in [0.717, 1.165) is 33.5 Å². The second-order valence-electron chi connectivity index (χ2n) is 7.72. The Bertz CT molecular complexity index is 1330. The average molecular weight is 494 g/mol. The number of rotatable bonds is 2. The van der Waals surface area contributed by atoms with Crippen LogP contribution in [0.2, 0.25) is 0 Å². The molecular formula is C26H20ClNO7. The summed E-state index contributed by atoms with van der Waals surface area (Å²) in [7, 11) is -2.91. The maximum absolute atomic E-state index is 9.95. The molecule has 0 atom stereocenters. The van der Waals surface area contributed by atoms with Crippen LogP contribution in [0.3, 0.4) is 0 Å². The van der Waals surface area contributed by atoms with Gasteiger partial charge in [-0.1, -0.05) is 36.4 Å². The summed E-state index contributed by atoms with van der Waals surface area (Å²) in [4.78, 5) is 0. The van der Waals surface area contributed by atoms with Crippen molar-refractivity contribution >= 4 is 29.0 Å². The number of nitrogens with zero attached hydrogens (tertiary/aromatic N) is 1. The highest BCUT2D eigenvalue weighted by atomic mass is 35.7. The molecule has 2 N–H and O–H groups in total. The largest absolute Gasteiger partial charge is 0.508 e. The van der Waals surface area contributed by atoms with Gasteiger partial charge in [0.15, 0.2) is 6.21 Å². The van der Waals surface area contributed by atoms with Crippen LogP contribution in [0.1, 0.15) is 16.7 Å². The van der Waals surface area contributed by atoms with E-state index >= 15 is 0 Å². The standard InChI is InChI=1S/C26H19NO3.ClHO4/c1-27-16-23(22-10-2-3-11-24(22)27)19-14-25(17-6-4-8-20(28)12-17)30-26(15-19)18-7-5-9-21(29)13-18;2-1(3,4)5/h2-16H,1H3,(H-,28,29);(H,2,3,4,5). The molecule has 0 saturated carbocycles. The minimum Gasteiger partial charge on any atom is -0.508 e. The Morgan fingerprint density at radius 3 is 1.77 bits per heavy atom. The second kappa shape index (κ2) is 9.75. The zero-order valence-corrected chi connectivity index (χ0v) is 19.2. The first-order chi connectivity index (χ1) is 16.6. The van der Waals surface area contributed by atoms with E-state index in [1.807, 2.05) is 43.5 Å². The summed E-state index contributed by atoms with van der Waals surface area (Å²) in [5.41, 5.74) is 5.93. The fourth-order valence-electron chi connectivity index (χ4n) is 3.83. The average Bonchev–Trinajstić information content (AvgIpc) is 3.14. The molecule has 2 aliphatic rings. The SMILES string of the molecule is C[N+]1=CC(=C2C=C(c3cccc(O)c3)OC(c3cccc(O)c3)=C2)c2ccccc21.[O-][Cl+3]([O-])([O-])[O-]. The Hall–Kier alpha value is -3.92. The van der Waals surface area contributed by atoms with E-state index in [0.29, 0.717) is 11.5 Å². The van der Waals surface area contributed by atoms with Gasteiger partial charge in [-0.2, -0.15) is 0 Å². The van der Waals surface area contributed by atoms with Gasteiger partial charge >= 0.3 is 0 Å². The first-order valence-electron chi connectivity index (χ1n) is 10.3. The molecule has 5 rings (SSSR count). The maximum Gasteiger partial charge on any atom is 0.213 e. The van der Waals surface area contributed by atoms with E-state index in [2.05, 4.69) is 22.9 Å². The summed E-state index contributed by atoms with van der Waals surface area (Å²) in [6, 6.07) is 22.3. The number of hydrogen-bond acceptors (Lipinski definition) is 7. The first-order valence-corrected chi connectivity index (χ1v) is 11.5. The van der Waals surface area contributed by atoms with Gasteiger partial charge in [0.25, 0.3) is 0 Å². The van der Waals surface area contributed by atoms with Crippen molar-refractivity contribution in [1.82, 2.24) is 0 Å². The van der Waals surface area contributed by atoms with Crippen LogP contribution in [-0.2, 0) is 4.74 Å². The number of ether oxygens (including phenoxy) is 1. The van der Waals surface area contributed by atoms with Crippen LogP contribution in [0.15, 0.2) is 90.5 Å². The highest BCUT2D eigenvalue weighted by molar-refractivity contribution is 6.15. The van der Waals surface area contributed by atoms with Crippen LogP contribution in [0, 0.1) is 10.2 Å². The van der Waals surface area contributed by atoms with Gasteiger partial charge in [-0.05, 0) is 48.1 Å². The first kappa shape index (κ1) is 24.2. The van der Waals surface area contributed by atoms with Gasteiger partial charge in [0.05, 0.1) is 11.1 Å². The van der Waals surface area contributed by atoms with Gasteiger partial charge in [-0.15, -0.1) is 10.2 Å². The van der Waals surface area contributed by atoms with Crippen molar-refractivity contribution in [2.75, 3.05) is 7.05 Å². The van der Waals surface area contributed by atoms with E-state index in [1.54, 1.807) is 36.4 Å². The Morgan fingerprint density at radius 2 is 1.26 bits per heavy atom. The van der Waals surface area contributed by atoms with Gasteiger partial charge in [0.2, 0.25) is 5.69 Å². The van der Waals surface area contributed by atoms with Gasteiger partial charge < -0.3 is 14.9 Å². The highest BCUT2D eigenvalue weighted by Gasteiger charge is 2.26. The van der Waals surface area contributed by atoms with Crippen molar-refractivity contribution in [3.05, 3.63) is 107 Å². The molecule has 0 aromatic heterocycles. The summed E-state index contributed by atoms with van der Waals surface area (Å²) in [6.07, 6.45) is 6.09. The summed E-state index contributed by atoms with van der Waals surface area (Å²) >= 11 is 0. The van der Waals surface area contributed by atoms with Crippen molar-refractivity contribution in [1.29, 1.82) is 0 Å². The van der Waals surface area contributed by atoms with Crippen molar-refractivity contribution in [3.8, 4) is 11.5 Å². The topological polar surface area (TPSA) is 145 Å². The van der Waals surface area contributed by atoms with Crippen LogP contribution >= 0.6 is 0 Å². The monoisotopic (exact) mass is 493 g/mol. The number of phenols is 2. The molecule has 0 amide bonds. The normalized spacial score (nSPS) is 14.7. The fourth-order valence-corrected chi connectivity index (χ4v) is 3.83. The van der Waals surface area contributed by atoms with E-state index in [9.17, 15) is 10.2 Å². The number of fused-ring (bicyclic) bond motifs is 1. The molecule has 3 aromatic rings. The molecule has 178 valence electrons. The maximum atomic E-state index is 9.95. The molecule has 0 bridgehead atoms. The quantitative estimate of drug-likeness (QED) is 0.496. The molecule has 3 aromatic carbocycles. The molecule has 0 radical (unpaired) electrons. The zero-order valence-electron chi connectivity index (χ0n) is 18.4. The number of aromatic hydroxyl groups is 2. The number of benzene rings is 3. The third-order valence-electron chi connectivity index (χ3n) is 5.26. The van der Waals surface area contributed by atoms with Crippen LogP contribution in [-0.4, -0.2) is 28.1 Å². The van der Waals surface area contributed by atoms with Crippen LogP contribution in [0.25, 0.3) is 17.1 Å². The number of phenolic OH excluding ortho intramolecular Hbond substituents is 2. The van der Waals surface area contributed by atoms with E-state index in [-0.39, 0.29) is 11.5 Å². The fraction of sp³-hybridized carbons (Fsp3) is 0.0385. The lowest BCUT2D eigenvalue weighted by Crippen LogP contribution is -2.68. The molecule has 0 aliphatic carbocycles. The Kier molecular flexibility index (Phi) is 6.74. The summed E-state index contributed by atoms with van der Waals surface area (Å²) in [5.74, 6) is 1.62. The summed E-state index contributed by atoms with van der Waals surface area (Å²) in [6.45, 7) is 0. The van der Waals surface area contributed by atoms with Crippen molar-refractivity contribution in [3.63, 3.8) is 0 Å². The molecule has 0 spiro atoms. The highest BCUT2D eigenvalue weighted by Crippen LogP contribution is 2.39. The van der Waals surface area contributed by atoms with Gasteiger partial charge in [-0.3, -0.25) is 0 Å². The molecule has 9 heteroatoms. The summed E-state index contributed by atoms with van der Waals surface area (Å²) in [5, 5.41) is 19.9. The molecule has 2 aliphatic heterocycles. The number of halogens is 1. The molecule has 0 fully saturated rings. The van der Waals surface area contributed by atoms with Gasteiger partial charge in [0.1, 0.15) is 30.1 Å². The Labute approximate surface area is 203 Å². The van der Waals surface area contributed by atoms with Crippen LogP contribution in [0.5, 0.6) is 11.5 Å². The van der Waals surface area contributed by atoms with Crippen molar-refractivity contribution in [2.45, 2.75) is 0 Å². The lowest BCUT2D eigenvalue weighted by atomic mass is 9.96. The third kappa shape index (κ3) is 5.96. The minimum absolute atomic E-state index is 0.178. The van der Waals surface area contributed by atoms with Crippen LogP contribution < -0.4 is 18.6 Å². The Morgan fingerprint density at radius 1 is 0.743 bits per heavy atom. The van der Waals surface area contributed by atoms with Gasteiger partial charge in [0, 0.05) is 17.2 Å². The summed E-state index contributed by atoms with van der Waals surface area (Å²) < 4.78 is 42.3. The number of allylic oxidation sites excluding steroid dienone is 4. The van der Waals surface area contributed by atoms with Crippen LogP contribution in [0.4, 0.5) is 5.69 Å². The van der Waals surface area contributed by atoms with Gasteiger partial charge in [-0.25, -0.2) is 23.2 Å². The lowest BCUT2D eigenvalue weighted by molar-refractivity contribution is -2.00. The van der Waals surface area contributed by atoms with E-state index < -0.39 is 10.2 Å². The molecule has 8 nitrogen and oxygen atoms in total. The Balaban J connectivity index is 0.000000527. The molecule has 2 heterocycles. The predicted molar refractivity (Wildman–Crippen MR) is 119 cm³/mol. The molecule has 0 saturated heterocycles. The minimum atomic E-state index is -4.94. The zero-order chi connectivity index (χ0) is 25.2. The number of hydrogen-bond donors (Lipinski definition) is 2. The molecular weight excluding hydrogens is 474 g/mol. The van der Waals surface area contributed by atoms with E-state index in [1.165, 1.54) is 0 Å². The third-order valence-corrected chi connectivity index (χ3v) is 5.26. The molecule has 35 heavy (non-hydrogen) atoms. The number of para-hydroxylation sites is 1. The predicted octanol–water partition coefficient (Wildman–Crippen LogP) is 0.566. The van der Waals surface area contributed by atoms with E-state index in [4.69, 9.17) is 23.4 Å². The van der Waals surface area contributed by atoms with Crippen molar-refractivity contribution < 1.29 is 48.4 Å². The lowest BCUT2D eigenvalue weighted by Gasteiger charge is -2.20. The molecule has 0 unspecified atom stereocenters.